The van der Waals surface area contributed by atoms with Crippen molar-refractivity contribution in [2.45, 2.75) is 6.54 Å². The van der Waals surface area contributed by atoms with Gasteiger partial charge in [-0.3, -0.25) is 0 Å². The molecule has 0 aliphatic carbocycles. The Morgan fingerprint density at radius 1 is 1.35 bits per heavy atom. The van der Waals surface area contributed by atoms with Crippen LogP contribution in [0.4, 0.5) is 0 Å². The van der Waals surface area contributed by atoms with Gasteiger partial charge in [0.05, 0.1) is 18.7 Å². The monoisotopic (exact) mass is 250 g/mol. The van der Waals surface area contributed by atoms with Crippen molar-refractivity contribution in [1.29, 1.82) is 0 Å². The lowest BCUT2D eigenvalue weighted by atomic mass is 10.2. The Morgan fingerprint density at radius 2 is 2.06 bits per heavy atom. The fourth-order valence-corrected chi connectivity index (χ4v) is 2.06. The van der Waals surface area contributed by atoms with E-state index in [9.17, 15) is 0 Å². The van der Waals surface area contributed by atoms with E-state index >= 15 is 0 Å². The molecule has 0 radical (unpaired) electrons. The van der Waals surface area contributed by atoms with Crippen LogP contribution in [0, 0.1) is 0 Å². The van der Waals surface area contributed by atoms with E-state index in [2.05, 4.69) is 4.90 Å². The van der Waals surface area contributed by atoms with E-state index in [0.717, 1.165) is 18.0 Å². The van der Waals surface area contributed by atoms with E-state index in [1.807, 2.05) is 30.5 Å². The number of hydrogen-bond donors (Lipinski definition) is 1. The Morgan fingerprint density at radius 3 is 2.65 bits per heavy atom. The van der Waals surface area contributed by atoms with Gasteiger partial charge in [0.25, 0.3) is 0 Å². The molecule has 0 amide bonds. The lowest BCUT2D eigenvalue weighted by molar-refractivity contribution is 0.391. The maximum absolute atomic E-state index is 5.96. The number of nitrogens with two attached hydrogens (primary N) is 1. The minimum absolute atomic E-state index is 0.669. The maximum Gasteiger partial charge on any atom is 0.118 e. The van der Waals surface area contributed by atoms with Crippen molar-refractivity contribution in [2.75, 3.05) is 13.7 Å². The Balaban J connectivity index is 2.04. The molecule has 90 valence electrons. The van der Waals surface area contributed by atoms with Gasteiger partial charge in [-0.25, -0.2) is 0 Å². The number of benzene rings is 1. The largest absolute Gasteiger partial charge is 0.497 e. The zero-order valence-corrected chi connectivity index (χ0v) is 10.4. The van der Waals surface area contributed by atoms with Crippen molar-refractivity contribution in [3.8, 4) is 5.75 Å². The van der Waals surface area contributed by atoms with Crippen LogP contribution in [0.1, 0.15) is 5.56 Å². The van der Waals surface area contributed by atoms with Crippen LogP contribution in [0.5, 0.6) is 5.75 Å². The van der Waals surface area contributed by atoms with Crippen LogP contribution in [0.25, 0.3) is 0 Å². The highest BCUT2D eigenvalue weighted by Crippen LogP contribution is 2.18. The van der Waals surface area contributed by atoms with Gasteiger partial charge in [0.1, 0.15) is 5.75 Å². The second-order valence-corrected chi connectivity index (χ2v) is 4.42. The zero-order chi connectivity index (χ0) is 12.3. The Hall–Kier alpha value is -1.61. The van der Waals surface area contributed by atoms with Gasteiger partial charge in [-0.2, -0.15) is 0 Å². The summed E-state index contributed by atoms with van der Waals surface area (Å²) < 4.78 is 5.12. The van der Waals surface area contributed by atoms with E-state index in [0.29, 0.717) is 11.6 Å². The highest BCUT2D eigenvalue weighted by atomic mass is 35.5. The number of allylic oxidation sites excluding steroid dienone is 2. The van der Waals surface area contributed by atoms with Gasteiger partial charge in [-0.15, -0.1) is 0 Å². The van der Waals surface area contributed by atoms with Gasteiger partial charge >= 0.3 is 0 Å². The average molecular weight is 251 g/mol. The number of hydrogen-bond acceptors (Lipinski definition) is 3. The molecule has 2 rings (SSSR count). The highest BCUT2D eigenvalue weighted by Gasteiger charge is 2.09. The molecule has 2 N–H and O–H groups in total. The summed E-state index contributed by atoms with van der Waals surface area (Å²) in [5.41, 5.74) is 7.77. The molecule has 1 heterocycles. The molecular formula is C13H15ClN2O. The second-order valence-electron chi connectivity index (χ2n) is 3.99. The Bertz CT molecular complexity index is 451. The number of rotatable bonds is 3. The van der Waals surface area contributed by atoms with E-state index < -0.39 is 0 Å². The first-order chi connectivity index (χ1) is 8.17. The summed E-state index contributed by atoms with van der Waals surface area (Å²) in [5.74, 6) is 0.861. The Kier molecular flexibility index (Phi) is 3.59. The lowest BCUT2D eigenvalue weighted by Crippen LogP contribution is -2.25. The molecule has 0 unspecified atom stereocenters. The van der Waals surface area contributed by atoms with Gasteiger partial charge in [-0.1, -0.05) is 23.7 Å². The van der Waals surface area contributed by atoms with E-state index in [1.165, 1.54) is 5.56 Å². The SMILES string of the molecule is COc1ccc(CN2C=C(Cl)C=C(N)C2)cc1. The fourth-order valence-electron chi connectivity index (χ4n) is 1.78. The third-order valence-electron chi connectivity index (χ3n) is 2.56. The van der Waals surface area contributed by atoms with E-state index in [4.69, 9.17) is 22.1 Å². The van der Waals surface area contributed by atoms with Crippen LogP contribution in [0.15, 0.2) is 47.3 Å². The molecule has 3 nitrogen and oxygen atoms in total. The summed E-state index contributed by atoms with van der Waals surface area (Å²) in [6.45, 7) is 1.50. The molecular weight excluding hydrogens is 236 g/mol. The van der Waals surface area contributed by atoms with Gasteiger partial charge in [0, 0.05) is 18.4 Å². The predicted octanol–water partition coefficient (Wildman–Crippen LogP) is 2.43. The summed E-state index contributed by atoms with van der Waals surface area (Å²) in [5, 5.41) is 0.669. The number of nitrogens with zero attached hydrogens (tertiary/aromatic N) is 1. The van der Waals surface area contributed by atoms with Crippen molar-refractivity contribution >= 4 is 11.6 Å². The van der Waals surface area contributed by atoms with Gasteiger partial charge in [0.15, 0.2) is 0 Å². The normalized spacial score (nSPS) is 15.3. The number of halogens is 1. The van der Waals surface area contributed by atoms with Crippen LogP contribution in [-0.4, -0.2) is 18.6 Å². The predicted molar refractivity (Wildman–Crippen MR) is 69.6 cm³/mol. The Labute approximate surface area is 106 Å². The van der Waals surface area contributed by atoms with Crippen LogP contribution in [0.2, 0.25) is 0 Å². The smallest absolute Gasteiger partial charge is 0.118 e. The molecule has 17 heavy (non-hydrogen) atoms. The van der Waals surface area contributed by atoms with Gasteiger partial charge < -0.3 is 15.4 Å². The molecule has 0 aromatic heterocycles. The summed E-state index contributed by atoms with van der Waals surface area (Å²) in [4.78, 5) is 2.08. The lowest BCUT2D eigenvalue weighted by Gasteiger charge is -2.24. The molecule has 1 aliphatic heterocycles. The standard InChI is InChI=1S/C13H15ClN2O/c1-17-13-4-2-10(3-5-13)7-16-8-11(14)6-12(15)9-16/h2-6,8H,7,9,15H2,1H3. The van der Waals surface area contributed by atoms with Gasteiger partial charge in [0.2, 0.25) is 0 Å². The topological polar surface area (TPSA) is 38.5 Å². The molecule has 1 aromatic carbocycles. The molecule has 0 saturated carbocycles. The average Bonchev–Trinajstić information content (AvgIpc) is 2.28. The first-order valence-corrected chi connectivity index (χ1v) is 5.75. The van der Waals surface area contributed by atoms with Crippen molar-refractivity contribution in [3.05, 3.63) is 52.8 Å². The second kappa shape index (κ2) is 5.15. The maximum atomic E-state index is 5.96. The first kappa shape index (κ1) is 11.9. The van der Waals surface area contributed by atoms with Crippen molar-refractivity contribution in [1.82, 2.24) is 4.90 Å². The molecule has 0 saturated heterocycles. The third-order valence-corrected chi connectivity index (χ3v) is 2.77. The van der Waals surface area contributed by atoms with E-state index in [-0.39, 0.29) is 0 Å². The minimum atomic E-state index is 0.669. The molecule has 0 atom stereocenters. The van der Waals surface area contributed by atoms with Crippen molar-refractivity contribution < 1.29 is 4.74 Å². The van der Waals surface area contributed by atoms with Crippen LogP contribution in [0.3, 0.4) is 0 Å². The third kappa shape index (κ3) is 3.17. The fraction of sp³-hybridized carbons (Fsp3) is 0.231. The van der Waals surface area contributed by atoms with Crippen LogP contribution in [-0.2, 0) is 6.54 Å². The van der Waals surface area contributed by atoms with Crippen molar-refractivity contribution in [2.24, 2.45) is 5.73 Å². The molecule has 0 fully saturated rings. The molecule has 0 spiro atoms. The van der Waals surface area contributed by atoms with E-state index in [1.54, 1.807) is 13.2 Å². The van der Waals surface area contributed by atoms with Crippen LogP contribution < -0.4 is 10.5 Å². The number of ether oxygens (including phenoxy) is 1. The zero-order valence-electron chi connectivity index (χ0n) is 9.69. The first-order valence-electron chi connectivity index (χ1n) is 5.38. The molecule has 4 heteroatoms. The van der Waals surface area contributed by atoms with Crippen molar-refractivity contribution in [3.63, 3.8) is 0 Å². The summed E-state index contributed by atoms with van der Waals surface area (Å²) in [6, 6.07) is 7.97. The number of methoxy groups -OCH3 is 1. The quantitative estimate of drug-likeness (QED) is 0.896. The highest BCUT2D eigenvalue weighted by molar-refractivity contribution is 6.31. The van der Waals surface area contributed by atoms with Gasteiger partial charge in [-0.05, 0) is 23.8 Å². The molecule has 0 bridgehead atoms. The molecule has 1 aromatic rings. The molecule has 1 aliphatic rings. The summed E-state index contributed by atoms with van der Waals surface area (Å²) in [7, 11) is 1.66. The van der Waals surface area contributed by atoms with Crippen LogP contribution >= 0.6 is 11.6 Å². The summed E-state index contributed by atoms with van der Waals surface area (Å²) in [6.07, 6.45) is 3.69. The minimum Gasteiger partial charge on any atom is -0.497 e. The summed E-state index contributed by atoms with van der Waals surface area (Å²) >= 11 is 5.96.